The number of hydrazone groups is 1. The number of amides is 1. The summed E-state index contributed by atoms with van der Waals surface area (Å²) in [6.45, 7) is 0. The van der Waals surface area contributed by atoms with Gasteiger partial charge in [0, 0.05) is 18.2 Å². The quantitative estimate of drug-likeness (QED) is 0.574. The molecule has 0 spiro atoms. The lowest BCUT2D eigenvalue weighted by atomic mass is 10.2. The smallest absolute Gasteiger partial charge is 0.307 e. The van der Waals surface area contributed by atoms with E-state index < -0.39 is 0 Å². The van der Waals surface area contributed by atoms with Crippen molar-refractivity contribution in [3.63, 3.8) is 0 Å². The SMILES string of the molecule is O=C(N/N=C\Cc1ccccc1)c1ccc(-c2ccccc2)o1. The molecule has 23 heavy (non-hydrogen) atoms. The molecule has 0 aliphatic heterocycles. The van der Waals surface area contributed by atoms with Gasteiger partial charge in [-0.25, -0.2) is 5.43 Å². The van der Waals surface area contributed by atoms with Gasteiger partial charge in [-0.15, -0.1) is 0 Å². The van der Waals surface area contributed by atoms with Crippen LogP contribution >= 0.6 is 0 Å². The minimum Gasteiger partial charge on any atom is -0.451 e. The lowest BCUT2D eigenvalue weighted by Gasteiger charge is -1.97. The molecule has 4 heteroatoms. The summed E-state index contributed by atoms with van der Waals surface area (Å²) < 4.78 is 5.56. The first-order valence-electron chi connectivity index (χ1n) is 7.34. The van der Waals surface area contributed by atoms with E-state index in [0.29, 0.717) is 12.2 Å². The molecule has 0 saturated carbocycles. The Morgan fingerprint density at radius 2 is 1.65 bits per heavy atom. The monoisotopic (exact) mass is 304 g/mol. The summed E-state index contributed by atoms with van der Waals surface area (Å²) in [5.74, 6) is 0.529. The molecule has 0 aliphatic carbocycles. The van der Waals surface area contributed by atoms with Gasteiger partial charge in [0.1, 0.15) is 5.76 Å². The van der Waals surface area contributed by atoms with Crippen LogP contribution in [-0.4, -0.2) is 12.1 Å². The Hall–Kier alpha value is -3.14. The van der Waals surface area contributed by atoms with Crippen LogP contribution in [0.1, 0.15) is 16.1 Å². The van der Waals surface area contributed by atoms with Crippen LogP contribution in [0, 0.1) is 0 Å². The van der Waals surface area contributed by atoms with Crippen molar-refractivity contribution in [3.8, 4) is 11.3 Å². The highest BCUT2D eigenvalue weighted by Crippen LogP contribution is 2.21. The van der Waals surface area contributed by atoms with Crippen molar-refractivity contribution >= 4 is 12.1 Å². The predicted octanol–water partition coefficient (Wildman–Crippen LogP) is 3.90. The molecular formula is C19H16N2O2. The number of hydrogen-bond acceptors (Lipinski definition) is 3. The molecule has 0 radical (unpaired) electrons. The molecular weight excluding hydrogens is 288 g/mol. The van der Waals surface area contributed by atoms with E-state index >= 15 is 0 Å². The predicted molar refractivity (Wildman–Crippen MR) is 90.2 cm³/mol. The van der Waals surface area contributed by atoms with Crippen molar-refractivity contribution in [1.82, 2.24) is 5.43 Å². The standard InChI is InChI=1S/C19H16N2O2/c22-19(21-20-14-13-15-7-3-1-4-8-15)18-12-11-17(23-18)16-9-5-2-6-10-16/h1-12,14H,13H2,(H,21,22)/b20-14-. The summed E-state index contributed by atoms with van der Waals surface area (Å²) in [6, 6.07) is 23.0. The van der Waals surface area contributed by atoms with E-state index in [9.17, 15) is 4.79 Å². The third kappa shape index (κ3) is 3.95. The van der Waals surface area contributed by atoms with E-state index in [4.69, 9.17) is 4.42 Å². The van der Waals surface area contributed by atoms with Crippen molar-refractivity contribution in [2.75, 3.05) is 0 Å². The zero-order chi connectivity index (χ0) is 15.9. The minimum atomic E-state index is -0.364. The van der Waals surface area contributed by atoms with Gasteiger partial charge in [-0.2, -0.15) is 5.10 Å². The van der Waals surface area contributed by atoms with E-state index in [0.717, 1.165) is 11.1 Å². The molecule has 1 amide bonds. The number of nitrogens with one attached hydrogen (secondary N) is 1. The van der Waals surface area contributed by atoms with Crippen LogP contribution in [-0.2, 0) is 6.42 Å². The van der Waals surface area contributed by atoms with Gasteiger partial charge in [0.2, 0.25) is 0 Å². The molecule has 114 valence electrons. The fraction of sp³-hybridized carbons (Fsp3) is 0.0526. The lowest BCUT2D eigenvalue weighted by Crippen LogP contribution is -2.16. The summed E-state index contributed by atoms with van der Waals surface area (Å²) in [5, 5.41) is 3.94. The van der Waals surface area contributed by atoms with E-state index in [2.05, 4.69) is 10.5 Å². The first-order valence-corrected chi connectivity index (χ1v) is 7.34. The topological polar surface area (TPSA) is 54.6 Å². The van der Waals surface area contributed by atoms with Gasteiger partial charge in [-0.3, -0.25) is 4.79 Å². The maximum Gasteiger partial charge on any atom is 0.307 e. The Kier molecular flexibility index (Phi) is 4.64. The minimum absolute atomic E-state index is 0.237. The highest BCUT2D eigenvalue weighted by Gasteiger charge is 2.11. The van der Waals surface area contributed by atoms with Crippen molar-refractivity contribution in [3.05, 3.63) is 84.1 Å². The van der Waals surface area contributed by atoms with Crippen LogP contribution in [0.15, 0.2) is 82.3 Å². The number of rotatable bonds is 5. The fourth-order valence-electron chi connectivity index (χ4n) is 2.14. The van der Waals surface area contributed by atoms with E-state index in [1.165, 1.54) is 0 Å². The number of carbonyl (C=O) groups is 1. The summed E-state index contributed by atoms with van der Waals surface area (Å²) in [4.78, 5) is 12.0. The Morgan fingerprint density at radius 3 is 2.39 bits per heavy atom. The molecule has 0 aliphatic rings. The fourth-order valence-corrected chi connectivity index (χ4v) is 2.14. The molecule has 2 aromatic carbocycles. The average molecular weight is 304 g/mol. The molecule has 1 N–H and O–H groups in total. The van der Waals surface area contributed by atoms with Gasteiger partial charge in [-0.1, -0.05) is 60.7 Å². The molecule has 3 aromatic rings. The van der Waals surface area contributed by atoms with Gasteiger partial charge in [0.05, 0.1) is 0 Å². The number of benzene rings is 2. The maximum absolute atomic E-state index is 12.0. The third-order valence-electron chi connectivity index (χ3n) is 3.32. The third-order valence-corrected chi connectivity index (χ3v) is 3.32. The van der Waals surface area contributed by atoms with Crippen LogP contribution in [0.25, 0.3) is 11.3 Å². The molecule has 0 bridgehead atoms. The highest BCUT2D eigenvalue weighted by atomic mass is 16.4. The van der Waals surface area contributed by atoms with E-state index in [-0.39, 0.29) is 11.7 Å². The second-order valence-corrected chi connectivity index (χ2v) is 4.97. The van der Waals surface area contributed by atoms with Gasteiger partial charge >= 0.3 is 5.91 Å². The highest BCUT2D eigenvalue weighted by molar-refractivity contribution is 5.92. The first-order chi connectivity index (χ1) is 11.3. The molecule has 4 nitrogen and oxygen atoms in total. The molecule has 1 aromatic heterocycles. The summed E-state index contributed by atoms with van der Waals surface area (Å²) >= 11 is 0. The van der Waals surface area contributed by atoms with Crippen LogP contribution in [0.2, 0.25) is 0 Å². The Balaban J connectivity index is 1.58. The molecule has 3 rings (SSSR count). The van der Waals surface area contributed by atoms with Crippen LogP contribution in [0.3, 0.4) is 0 Å². The van der Waals surface area contributed by atoms with E-state index in [1.807, 2.05) is 60.7 Å². The molecule has 0 saturated heterocycles. The first kappa shape index (κ1) is 14.8. The number of hydrogen-bond donors (Lipinski definition) is 1. The van der Waals surface area contributed by atoms with Crippen molar-refractivity contribution in [2.45, 2.75) is 6.42 Å². The van der Waals surface area contributed by atoms with Crippen LogP contribution in [0.5, 0.6) is 0 Å². The Morgan fingerprint density at radius 1 is 0.957 bits per heavy atom. The molecule has 0 atom stereocenters. The zero-order valence-corrected chi connectivity index (χ0v) is 12.5. The van der Waals surface area contributed by atoms with Gasteiger partial charge in [0.25, 0.3) is 0 Å². The van der Waals surface area contributed by atoms with Crippen LogP contribution in [0.4, 0.5) is 0 Å². The Bertz CT molecular complexity index is 793. The molecule has 1 heterocycles. The van der Waals surface area contributed by atoms with Crippen molar-refractivity contribution in [2.24, 2.45) is 5.10 Å². The van der Waals surface area contributed by atoms with Crippen molar-refractivity contribution in [1.29, 1.82) is 0 Å². The maximum atomic E-state index is 12.0. The van der Waals surface area contributed by atoms with Gasteiger partial charge in [-0.05, 0) is 17.7 Å². The normalized spacial score (nSPS) is 10.8. The number of nitrogens with zero attached hydrogens (tertiary/aromatic N) is 1. The van der Waals surface area contributed by atoms with Gasteiger partial charge < -0.3 is 4.42 Å². The summed E-state index contributed by atoms with van der Waals surface area (Å²) in [5.41, 5.74) is 4.53. The second-order valence-electron chi connectivity index (χ2n) is 4.97. The number of furan rings is 1. The number of carbonyl (C=O) groups excluding carboxylic acids is 1. The van der Waals surface area contributed by atoms with E-state index in [1.54, 1.807) is 18.3 Å². The Labute approximate surface area is 134 Å². The lowest BCUT2D eigenvalue weighted by molar-refractivity contribution is 0.0928. The second kappa shape index (κ2) is 7.22. The van der Waals surface area contributed by atoms with Gasteiger partial charge in [0.15, 0.2) is 5.76 Å². The average Bonchev–Trinajstić information content (AvgIpc) is 3.10. The molecule has 0 unspecified atom stereocenters. The zero-order valence-electron chi connectivity index (χ0n) is 12.5. The van der Waals surface area contributed by atoms with Crippen molar-refractivity contribution < 1.29 is 9.21 Å². The van der Waals surface area contributed by atoms with Crippen LogP contribution < -0.4 is 5.43 Å². The summed E-state index contributed by atoms with van der Waals surface area (Å²) in [7, 11) is 0. The largest absolute Gasteiger partial charge is 0.451 e. The molecule has 0 fully saturated rings. The summed E-state index contributed by atoms with van der Waals surface area (Å²) in [6.07, 6.45) is 2.32.